The number of benzene rings is 1. The lowest BCUT2D eigenvalue weighted by Gasteiger charge is -2.07. The van der Waals surface area contributed by atoms with E-state index in [9.17, 15) is 4.79 Å². The van der Waals surface area contributed by atoms with E-state index in [1.165, 1.54) is 5.56 Å². The molecule has 0 saturated carbocycles. The number of nitrogens with zero attached hydrogens (tertiary/aromatic N) is 3. The van der Waals surface area contributed by atoms with Gasteiger partial charge in [0.2, 0.25) is 5.91 Å². The first-order valence-electron chi connectivity index (χ1n) is 7.87. The van der Waals surface area contributed by atoms with Crippen LogP contribution >= 0.6 is 0 Å². The summed E-state index contributed by atoms with van der Waals surface area (Å²) in [6.07, 6.45) is 5.00. The summed E-state index contributed by atoms with van der Waals surface area (Å²) < 4.78 is 2.02. The number of carbonyl (C=O) groups is 1. The summed E-state index contributed by atoms with van der Waals surface area (Å²) >= 11 is 0. The summed E-state index contributed by atoms with van der Waals surface area (Å²) in [6, 6.07) is 6.10. The Labute approximate surface area is 134 Å². The molecule has 0 fully saturated rings. The molecule has 0 aliphatic carbocycles. The number of H-pyrrole nitrogens is 1. The number of rotatable bonds is 6. The molecule has 0 bridgehead atoms. The van der Waals surface area contributed by atoms with Crippen LogP contribution in [0.25, 0.3) is 10.9 Å². The van der Waals surface area contributed by atoms with Crippen molar-refractivity contribution in [2.75, 3.05) is 0 Å². The zero-order valence-corrected chi connectivity index (χ0v) is 13.5. The molecule has 0 spiro atoms. The van der Waals surface area contributed by atoms with Crippen LogP contribution in [0.1, 0.15) is 30.4 Å². The summed E-state index contributed by atoms with van der Waals surface area (Å²) in [5.41, 5.74) is 3.04. The Bertz CT molecular complexity index is 817. The van der Waals surface area contributed by atoms with Crippen LogP contribution in [0, 0.1) is 6.92 Å². The van der Waals surface area contributed by atoms with Crippen LogP contribution in [-0.4, -0.2) is 25.7 Å². The maximum atomic E-state index is 12.1. The molecule has 0 aliphatic rings. The van der Waals surface area contributed by atoms with E-state index in [1.807, 2.05) is 29.8 Å². The molecule has 6 nitrogen and oxygen atoms in total. The number of aryl methyl sites for hydroxylation is 3. The molecular formula is C17H21N5O. The molecule has 0 radical (unpaired) electrons. The molecule has 1 aromatic carbocycles. The number of hydrogen-bond donors (Lipinski definition) is 2. The van der Waals surface area contributed by atoms with Crippen molar-refractivity contribution in [2.24, 2.45) is 0 Å². The minimum atomic E-state index is 0.0242. The molecule has 0 unspecified atom stereocenters. The van der Waals surface area contributed by atoms with Crippen molar-refractivity contribution in [3.63, 3.8) is 0 Å². The quantitative estimate of drug-likeness (QED) is 0.733. The number of hydrogen-bond acceptors (Lipinski definition) is 3. The standard InChI is InChI=1S/C17H21N5O/c1-3-16-18-7-9-22(16)8-6-17(23)19-11-15-13-10-12(2)4-5-14(13)20-21-15/h4-5,7,9-10H,3,6,8,11H2,1-2H3,(H,19,23)(H,20,21). The van der Waals surface area contributed by atoms with Gasteiger partial charge in [0, 0.05) is 37.2 Å². The van der Waals surface area contributed by atoms with Gasteiger partial charge in [-0.05, 0) is 19.1 Å². The second-order valence-corrected chi connectivity index (χ2v) is 5.64. The summed E-state index contributed by atoms with van der Waals surface area (Å²) in [4.78, 5) is 16.3. The monoisotopic (exact) mass is 311 g/mol. The lowest BCUT2D eigenvalue weighted by molar-refractivity contribution is -0.121. The first-order valence-corrected chi connectivity index (χ1v) is 7.87. The molecule has 23 heavy (non-hydrogen) atoms. The second kappa shape index (κ2) is 6.64. The molecule has 2 aromatic heterocycles. The number of aromatic amines is 1. The Hall–Kier alpha value is -2.63. The third-order valence-corrected chi connectivity index (χ3v) is 3.95. The van der Waals surface area contributed by atoms with Crippen LogP contribution in [0.2, 0.25) is 0 Å². The zero-order valence-electron chi connectivity index (χ0n) is 13.5. The summed E-state index contributed by atoms with van der Waals surface area (Å²) in [6.45, 7) is 5.22. The van der Waals surface area contributed by atoms with Gasteiger partial charge in [-0.15, -0.1) is 0 Å². The molecule has 0 aliphatic heterocycles. The van der Waals surface area contributed by atoms with Crippen molar-refractivity contribution in [1.29, 1.82) is 0 Å². The first-order chi connectivity index (χ1) is 11.2. The molecule has 120 valence electrons. The van der Waals surface area contributed by atoms with Crippen molar-refractivity contribution in [3.8, 4) is 0 Å². The van der Waals surface area contributed by atoms with Gasteiger partial charge in [0.05, 0.1) is 17.8 Å². The molecule has 2 N–H and O–H groups in total. The van der Waals surface area contributed by atoms with E-state index in [0.717, 1.165) is 28.8 Å². The smallest absolute Gasteiger partial charge is 0.222 e. The van der Waals surface area contributed by atoms with Crippen LogP contribution < -0.4 is 5.32 Å². The number of carbonyl (C=O) groups excluding carboxylic acids is 1. The van der Waals surface area contributed by atoms with Gasteiger partial charge in [0.1, 0.15) is 5.82 Å². The van der Waals surface area contributed by atoms with Gasteiger partial charge in [-0.3, -0.25) is 9.89 Å². The molecule has 1 amide bonds. The van der Waals surface area contributed by atoms with Crippen molar-refractivity contribution in [2.45, 2.75) is 39.8 Å². The first kappa shape index (κ1) is 15.3. The fourth-order valence-electron chi connectivity index (χ4n) is 2.67. The predicted octanol–water partition coefficient (Wildman–Crippen LogP) is 2.34. The van der Waals surface area contributed by atoms with Gasteiger partial charge >= 0.3 is 0 Å². The maximum Gasteiger partial charge on any atom is 0.222 e. The van der Waals surface area contributed by atoms with E-state index in [2.05, 4.69) is 33.5 Å². The molecule has 0 atom stereocenters. The molecule has 0 saturated heterocycles. The van der Waals surface area contributed by atoms with Crippen LogP contribution in [0.4, 0.5) is 0 Å². The number of imidazole rings is 1. The fourth-order valence-corrected chi connectivity index (χ4v) is 2.67. The van der Waals surface area contributed by atoms with Crippen LogP contribution in [0.3, 0.4) is 0 Å². The van der Waals surface area contributed by atoms with Crippen LogP contribution in [0.15, 0.2) is 30.6 Å². The van der Waals surface area contributed by atoms with E-state index >= 15 is 0 Å². The Kier molecular flexibility index (Phi) is 4.41. The minimum absolute atomic E-state index is 0.0242. The van der Waals surface area contributed by atoms with E-state index in [-0.39, 0.29) is 5.91 Å². The normalized spacial score (nSPS) is 11.0. The van der Waals surface area contributed by atoms with Crippen molar-refractivity contribution in [3.05, 3.63) is 47.7 Å². The predicted molar refractivity (Wildman–Crippen MR) is 88.9 cm³/mol. The zero-order chi connectivity index (χ0) is 16.2. The SMILES string of the molecule is CCc1nccn1CCC(=O)NCc1[nH]nc2ccc(C)cc12. The van der Waals surface area contributed by atoms with Gasteiger partial charge in [-0.25, -0.2) is 4.98 Å². The Balaban J connectivity index is 1.57. The van der Waals surface area contributed by atoms with E-state index < -0.39 is 0 Å². The van der Waals surface area contributed by atoms with E-state index in [1.54, 1.807) is 6.20 Å². The lowest BCUT2D eigenvalue weighted by Crippen LogP contribution is -2.24. The Morgan fingerprint density at radius 2 is 2.26 bits per heavy atom. The molecule has 3 aromatic rings. The average molecular weight is 311 g/mol. The number of amides is 1. The molecule has 2 heterocycles. The van der Waals surface area contributed by atoms with Crippen molar-refractivity contribution < 1.29 is 4.79 Å². The Morgan fingerprint density at radius 3 is 3.09 bits per heavy atom. The summed E-state index contributed by atoms with van der Waals surface area (Å²) in [5, 5.41) is 11.3. The number of fused-ring (bicyclic) bond motifs is 1. The van der Waals surface area contributed by atoms with Crippen molar-refractivity contribution >= 4 is 16.8 Å². The lowest BCUT2D eigenvalue weighted by atomic mass is 10.1. The third kappa shape index (κ3) is 3.41. The van der Waals surface area contributed by atoms with Crippen molar-refractivity contribution in [1.82, 2.24) is 25.1 Å². The van der Waals surface area contributed by atoms with Crippen LogP contribution in [-0.2, 0) is 24.3 Å². The molecule has 6 heteroatoms. The maximum absolute atomic E-state index is 12.1. The second-order valence-electron chi connectivity index (χ2n) is 5.64. The highest BCUT2D eigenvalue weighted by Gasteiger charge is 2.08. The average Bonchev–Trinajstić information content (AvgIpc) is 3.16. The minimum Gasteiger partial charge on any atom is -0.350 e. The molecule has 3 rings (SSSR count). The van der Waals surface area contributed by atoms with E-state index in [4.69, 9.17) is 0 Å². The molecular weight excluding hydrogens is 290 g/mol. The number of nitrogens with one attached hydrogen (secondary N) is 2. The van der Waals surface area contributed by atoms with Gasteiger partial charge < -0.3 is 9.88 Å². The summed E-state index contributed by atoms with van der Waals surface area (Å²) in [5.74, 6) is 1.03. The number of aromatic nitrogens is 4. The topological polar surface area (TPSA) is 75.6 Å². The highest BCUT2D eigenvalue weighted by Crippen LogP contribution is 2.17. The van der Waals surface area contributed by atoms with Gasteiger partial charge in [-0.1, -0.05) is 18.6 Å². The van der Waals surface area contributed by atoms with E-state index in [0.29, 0.717) is 19.5 Å². The third-order valence-electron chi connectivity index (χ3n) is 3.95. The van der Waals surface area contributed by atoms with Gasteiger partial charge in [0.25, 0.3) is 0 Å². The highest BCUT2D eigenvalue weighted by molar-refractivity contribution is 5.83. The highest BCUT2D eigenvalue weighted by atomic mass is 16.1. The fraction of sp³-hybridized carbons (Fsp3) is 0.353. The van der Waals surface area contributed by atoms with Crippen LogP contribution in [0.5, 0.6) is 0 Å². The summed E-state index contributed by atoms with van der Waals surface area (Å²) in [7, 11) is 0. The van der Waals surface area contributed by atoms with Gasteiger partial charge in [0.15, 0.2) is 0 Å². The van der Waals surface area contributed by atoms with Gasteiger partial charge in [-0.2, -0.15) is 5.10 Å². The Morgan fingerprint density at radius 1 is 1.39 bits per heavy atom. The largest absolute Gasteiger partial charge is 0.350 e.